The molecule has 2 rings (SSSR count). The van der Waals surface area contributed by atoms with Crippen LogP contribution in [0.2, 0.25) is 0 Å². The highest BCUT2D eigenvalue weighted by Gasteiger charge is 2.19. The highest BCUT2D eigenvalue weighted by Crippen LogP contribution is 2.25. The zero-order chi connectivity index (χ0) is 17.0. The standard InChI is InChI=1S/C16H20N2O3S2/c1-11(2)15(14-5-4-10-22-14)18-16(19)17-12-6-8-13(9-7-12)23(3,20)21/h4-11,15H,1-3H3,(H2,17,18,19). The molecule has 2 N–H and O–H groups in total. The van der Waals surface area contributed by atoms with E-state index >= 15 is 0 Å². The lowest BCUT2D eigenvalue weighted by molar-refractivity contribution is 0.245. The summed E-state index contributed by atoms with van der Waals surface area (Å²) in [7, 11) is -3.23. The zero-order valence-corrected chi connectivity index (χ0v) is 14.9. The second-order valence-corrected chi connectivity index (χ2v) is 8.63. The predicted molar refractivity (Wildman–Crippen MR) is 93.6 cm³/mol. The van der Waals surface area contributed by atoms with Crippen LogP contribution in [-0.4, -0.2) is 20.7 Å². The Bertz CT molecular complexity index is 751. The van der Waals surface area contributed by atoms with E-state index in [1.807, 2.05) is 31.4 Å². The molecule has 1 heterocycles. The lowest BCUT2D eigenvalue weighted by Gasteiger charge is -2.21. The second kappa shape index (κ2) is 7.14. The van der Waals surface area contributed by atoms with E-state index in [0.717, 1.165) is 11.1 Å². The Morgan fingerprint density at radius 3 is 2.26 bits per heavy atom. The molecule has 0 radical (unpaired) electrons. The van der Waals surface area contributed by atoms with E-state index in [0.29, 0.717) is 5.69 Å². The van der Waals surface area contributed by atoms with E-state index in [2.05, 4.69) is 10.6 Å². The summed E-state index contributed by atoms with van der Waals surface area (Å²) in [6.45, 7) is 4.09. The molecule has 0 bridgehead atoms. The van der Waals surface area contributed by atoms with Crippen LogP contribution < -0.4 is 10.6 Å². The molecule has 0 saturated carbocycles. The third-order valence-corrected chi connectivity index (χ3v) is 5.43. The van der Waals surface area contributed by atoms with E-state index < -0.39 is 9.84 Å². The van der Waals surface area contributed by atoms with Gasteiger partial charge in [0.15, 0.2) is 9.84 Å². The molecule has 23 heavy (non-hydrogen) atoms. The first kappa shape index (κ1) is 17.5. The number of hydrogen-bond donors (Lipinski definition) is 2. The molecule has 7 heteroatoms. The Morgan fingerprint density at radius 2 is 1.78 bits per heavy atom. The van der Waals surface area contributed by atoms with Gasteiger partial charge in [-0.3, -0.25) is 0 Å². The Hall–Kier alpha value is -1.86. The van der Waals surface area contributed by atoms with Crippen LogP contribution in [0, 0.1) is 5.92 Å². The summed E-state index contributed by atoms with van der Waals surface area (Å²) in [6, 6.07) is 9.68. The fourth-order valence-electron chi connectivity index (χ4n) is 2.13. The molecule has 0 aliphatic heterocycles. The number of rotatable bonds is 5. The SMILES string of the molecule is CC(C)C(NC(=O)Nc1ccc(S(C)(=O)=O)cc1)c1cccs1. The van der Waals surface area contributed by atoms with Gasteiger partial charge in [-0.25, -0.2) is 13.2 Å². The molecule has 2 aromatic rings. The molecule has 1 unspecified atom stereocenters. The average molecular weight is 352 g/mol. The van der Waals surface area contributed by atoms with Gasteiger partial charge in [0.25, 0.3) is 0 Å². The molecule has 0 fully saturated rings. The van der Waals surface area contributed by atoms with Crippen molar-refractivity contribution < 1.29 is 13.2 Å². The third-order valence-electron chi connectivity index (χ3n) is 3.34. The summed E-state index contributed by atoms with van der Waals surface area (Å²) < 4.78 is 22.8. The number of thiophene rings is 1. The number of benzene rings is 1. The highest BCUT2D eigenvalue weighted by molar-refractivity contribution is 7.90. The van der Waals surface area contributed by atoms with Crippen LogP contribution in [-0.2, 0) is 9.84 Å². The van der Waals surface area contributed by atoms with Gasteiger partial charge in [-0.05, 0) is 41.6 Å². The van der Waals surface area contributed by atoms with Crippen LogP contribution >= 0.6 is 11.3 Å². The van der Waals surface area contributed by atoms with Gasteiger partial charge in [-0.15, -0.1) is 11.3 Å². The molecule has 124 valence electrons. The molecule has 0 aliphatic rings. The van der Waals surface area contributed by atoms with E-state index in [1.165, 1.54) is 12.1 Å². The minimum absolute atomic E-state index is 0.0645. The van der Waals surface area contributed by atoms with Crippen molar-refractivity contribution in [3.05, 3.63) is 46.7 Å². The predicted octanol–water partition coefficient (Wildman–Crippen LogP) is 3.67. The van der Waals surface area contributed by atoms with Crippen LogP contribution in [0.15, 0.2) is 46.7 Å². The average Bonchev–Trinajstić information content (AvgIpc) is 2.98. The highest BCUT2D eigenvalue weighted by atomic mass is 32.2. The summed E-state index contributed by atoms with van der Waals surface area (Å²) in [5, 5.41) is 7.66. The van der Waals surface area contributed by atoms with E-state index in [1.54, 1.807) is 23.5 Å². The van der Waals surface area contributed by atoms with Crippen LogP contribution in [0.1, 0.15) is 24.8 Å². The van der Waals surface area contributed by atoms with Crippen molar-refractivity contribution in [2.75, 3.05) is 11.6 Å². The summed E-state index contributed by atoms with van der Waals surface area (Å²) in [4.78, 5) is 13.5. The minimum Gasteiger partial charge on any atom is -0.330 e. The number of urea groups is 1. The van der Waals surface area contributed by atoms with E-state index in [4.69, 9.17) is 0 Å². The van der Waals surface area contributed by atoms with E-state index in [9.17, 15) is 13.2 Å². The smallest absolute Gasteiger partial charge is 0.319 e. The van der Waals surface area contributed by atoms with Crippen LogP contribution in [0.3, 0.4) is 0 Å². The molecule has 1 aromatic heterocycles. The molecule has 1 atom stereocenters. The Labute approximate surface area is 140 Å². The summed E-state index contributed by atoms with van der Waals surface area (Å²) >= 11 is 1.60. The maximum Gasteiger partial charge on any atom is 0.319 e. The number of hydrogen-bond acceptors (Lipinski definition) is 4. The summed E-state index contributed by atoms with van der Waals surface area (Å²) in [6.07, 6.45) is 1.15. The minimum atomic E-state index is -3.23. The molecule has 0 spiro atoms. The van der Waals surface area contributed by atoms with Crippen molar-refractivity contribution in [1.29, 1.82) is 0 Å². The molecular formula is C16H20N2O3S2. The van der Waals surface area contributed by atoms with Gasteiger partial charge in [0.05, 0.1) is 10.9 Å². The molecule has 2 amide bonds. The van der Waals surface area contributed by atoms with Crippen molar-refractivity contribution in [3.63, 3.8) is 0 Å². The zero-order valence-electron chi connectivity index (χ0n) is 13.2. The Kier molecular flexibility index (Phi) is 5.43. The fourth-order valence-corrected chi connectivity index (χ4v) is 3.71. The van der Waals surface area contributed by atoms with Gasteiger partial charge in [0.1, 0.15) is 0 Å². The van der Waals surface area contributed by atoms with Crippen LogP contribution in [0.5, 0.6) is 0 Å². The van der Waals surface area contributed by atoms with Gasteiger partial charge in [0.2, 0.25) is 0 Å². The number of anilines is 1. The van der Waals surface area contributed by atoms with Crippen LogP contribution in [0.25, 0.3) is 0 Å². The van der Waals surface area contributed by atoms with Gasteiger partial charge in [-0.1, -0.05) is 19.9 Å². The van der Waals surface area contributed by atoms with Crippen molar-refractivity contribution in [2.24, 2.45) is 5.92 Å². The third kappa shape index (κ3) is 4.80. The fraction of sp³-hybridized carbons (Fsp3) is 0.312. The number of carbonyl (C=O) groups is 1. The maximum absolute atomic E-state index is 12.2. The molecule has 0 aliphatic carbocycles. The van der Waals surface area contributed by atoms with Crippen molar-refractivity contribution in [2.45, 2.75) is 24.8 Å². The van der Waals surface area contributed by atoms with Gasteiger partial charge < -0.3 is 10.6 Å². The first-order valence-corrected chi connectivity index (χ1v) is 9.95. The summed E-state index contributed by atoms with van der Waals surface area (Å²) in [5.41, 5.74) is 0.545. The first-order chi connectivity index (χ1) is 10.8. The van der Waals surface area contributed by atoms with E-state index in [-0.39, 0.29) is 22.9 Å². The topological polar surface area (TPSA) is 75.3 Å². The molecule has 0 saturated heterocycles. The molecular weight excluding hydrogens is 332 g/mol. The largest absolute Gasteiger partial charge is 0.330 e. The lowest BCUT2D eigenvalue weighted by Crippen LogP contribution is -2.34. The normalized spacial score (nSPS) is 12.9. The lowest BCUT2D eigenvalue weighted by atomic mass is 10.0. The maximum atomic E-state index is 12.2. The Balaban J connectivity index is 2.04. The van der Waals surface area contributed by atoms with Crippen LogP contribution in [0.4, 0.5) is 10.5 Å². The summed E-state index contributed by atoms with van der Waals surface area (Å²) in [5.74, 6) is 0.256. The molecule has 5 nitrogen and oxygen atoms in total. The number of nitrogens with one attached hydrogen (secondary N) is 2. The van der Waals surface area contributed by atoms with Crippen molar-refractivity contribution in [3.8, 4) is 0 Å². The number of carbonyl (C=O) groups excluding carboxylic acids is 1. The van der Waals surface area contributed by atoms with Crippen molar-refractivity contribution >= 4 is 32.9 Å². The first-order valence-electron chi connectivity index (χ1n) is 7.18. The quantitative estimate of drug-likeness (QED) is 0.862. The number of sulfone groups is 1. The van der Waals surface area contributed by atoms with Gasteiger partial charge in [0, 0.05) is 16.8 Å². The van der Waals surface area contributed by atoms with Gasteiger partial charge >= 0.3 is 6.03 Å². The number of amides is 2. The monoisotopic (exact) mass is 352 g/mol. The van der Waals surface area contributed by atoms with Gasteiger partial charge in [-0.2, -0.15) is 0 Å². The molecule has 1 aromatic carbocycles. The van der Waals surface area contributed by atoms with Crippen molar-refractivity contribution in [1.82, 2.24) is 5.32 Å². The second-order valence-electron chi connectivity index (χ2n) is 5.63. The Morgan fingerprint density at radius 1 is 1.13 bits per heavy atom.